The number of aromatic nitrogens is 2. The highest BCUT2D eigenvalue weighted by atomic mass is 32.2. The van der Waals surface area contributed by atoms with Gasteiger partial charge in [0, 0.05) is 31.5 Å². The van der Waals surface area contributed by atoms with Gasteiger partial charge < -0.3 is 23.5 Å². The van der Waals surface area contributed by atoms with E-state index in [1.807, 2.05) is 0 Å². The second-order valence-electron chi connectivity index (χ2n) is 7.24. The summed E-state index contributed by atoms with van der Waals surface area (Å²) in [5, 5.41) is 11.3. The summed E-state index contributed by atoms with van der Waals surface area (Å²) >= 11 is 0. The minimum absolute atomic E-state index is 0.0758. The van der Waals surface area contributed by atoms with Gasteiger partial charge in [0.1, 0.15) is 6.61 Å². The third-order valence-electron chi connectivity index (χ3n) is 5.25. The van der Waals surface area contributed by atoms with Crippen LogP contribution in [0.1, 0.15) is 17.9 Å². The average Bonchev–Trinajstić information content (AvgIpc) is 3.45. The molecule has 3 heterocycles. The van der Waals surface area contributed by atoms with Gasteiger partial charge in [-0.1, -0.05) is 5.16 Å². The molecule has 0 saturated carbocycles. The van der Waals surface area contributed by atoms with Crippen molar-refractivity contribution in [1.29, 1.82) is 0 Å². The molecule has 31 heavy (non-hydrogen) atoms. The van der Waals surface area contributed by atoms with Crippen molar-refractivity contribution >= 4 is 15.5 Å². The highest BCUT2D eigenvalue weighted by molar-refractivity contribution is 7.91. The maximum atomic E-state index is 12.5. The fraction of sp³-hybridized carbons (Fsp3) is 0.526. The molecule has 1 atom stereocenters. The smallest absolute Gasteiger partial charge is 0.317 e. The first-order valence-corrected chi connectivity index (χ1v) is 11.6. The van der Waals surface area contributed by atoms with Gasteiger partial charge in [0.25, 0.3) is 5.89 Å². The van der Waals surface area contributed by atoms with Crippen molar-refractivity contribution in [2.24, 2.45) is 5.16 Å². The molecule has 0 bridgehead atoms. The first-order chi connectivity index (χ1) is 14.9. The van der Waals surface area contributed by atoms with Gasteiger partial charge in [0.2, 0.25) is 16.2 Å². The topological polar surface area (TPSA) is 126 Å². The molecular formula is C19H24N4O7S. The number of oxime groups is 1. The lowest BCUT2D eigenvalue weighted by atomic mass is 10.0. The van der Waals surface area contributed by atoms with Gasteiger partial charge in [-0.05, 0) is 18.2 Å². The monoisotopic (exact) mass is 452 g/mol. The Labute approximate surface area is 179 Å². The summed E-state index contributed by atoms with van der Waals surface area (Å²) < 4.78 is 46.9. The molecule has 168 valence electrons. The molecule has 2 aromatic rings. The molecule has 0 aliphatic carbocycles. The first kappa shape index (κ1) is 21.5. The summed E-state index contributed by atoms with van der Waals surface area (Å²) in [7, 11) is -2.22. The molecule has 2 aliphatic heterocycles. The van der Waals surface area contributed by atoms with Crippen LogP contribution in [0.2, 0.25) is 0 Å². The lowest BCUT2D eigenvalue weighted by Crippen LogP contribution is -2.38. The predicted octanol–water partition coefficient (Wildman–Crippen LogP) is 0.811. The summed E-state index contributed by atoms with van der Waals surface area (Å²) in [6.07, 6.45) is 2.02. The summed E-state index contributed by atoms with van der Waals surface area (Å²) in [6, 6.07) is 5.27. The van der Waals surface area contributed by atoms with Gasteiger partial charge in [-0.15, -0.1) is 10.2 Å². The molecule has 11 nitrogen and oxygen atoms in total. The Morgan fingerprint density at radius 2 is 2.03 bits per heavy atom. The van der Waals surface area contributed by atoms with E-state index < -0.39 is 14.8 Å². The zero-order valence-corrected chi connectivity index (χ0v) is 18.1. The van der Waals surface area contributed by atoms with E-state index in [4.69, 9.17) is 23.5 Å². The number of hydrogen-bond donors (Lipinski definition) is 0. The molecule has 1 aromatic heterocycles. The van der Waals surface area contributed by atoms with Gasteiger partial charge in [-0.2, -0.15) is 0 Å². The summed E-state index contributed by atoms with van der Waals surface area (Å²) in [4.78, 5) is 5.80. The number of rotatable bonds is 8. The fourth-order valence-corrected chi connectivity index (χ4v) is 4.44. The molecule has 0 N–H and O–H groups in total. The lowest BCUT2D eigenvalue weighted by molar-refractivity contribution is 0.0253. The Hall–Kier alpha value is -2.70. The number of methoxy groups -OCH3 is 1. The highest BCUT2D eigenvalue weighted by Gasteiger charge is 2.55. The SMILES string of the molecule is COc1ccc(C2=NOC(c3nnco3)(S(C)(=O)=O)C2)cc1OCCN1CCOCC1. The van der Waals surface area contributed by atoms with Crippen molar-refractivity contribution in [2.45, 2.75) is 11.4 Å². The molecule has 1 aromatic carbocycles. The zero-order chi connectivity index (χ0) is 21.9. The van der Waals surface area contributed by atoms with Crippen LogP contribution in [0.15, 0.2) is 34.2 Å². The summed E-state index contributed by atoms with van der Waals surface area (Å²) in [5.74, 6) is 0.936. The number of ether oxygens (including phenoxy) is 3. The van der Waals surface area contributed by atoms with E-state index in [9.17, 15) is 8.42 Å². The van der Waals surface area contributed by atoms with E-state index >= 15 is 0 Å². The third-order valence-corrected chi connectivity index (χ3v) is 6.85. The standard InChI is InChI=1S/C19H24N4O7S/c1-26-16-4-3-14(11-17(16)28-10-7-23-5-8-27-9-6-23)15-12-19(30-22-15,31(2,24)25)18-21-20-13-29-18/h3-4,11,13H,5-10,12H2,1-2H3. The van der Waals surface area contributed by atoms with Crippen LogP contribution in [-0.4, -0.2) is 82.0 Å². The molecule has 1 fully saturated rings. The molecule has 0 spiro atoms. The van der Waals surface area contributed by atoms with Gasteiger partial charge >= 0.3 is 4.93 Å². The van der Waals surface area contributed by atoms with Gasteiger partial charge in [-0.3, -0.25) is 4.90 Å². The van der Waals surface area contributed by atoms with Gasteiger partial charge in [0.05, 0.1) is 32.5 Å². The molecule has 0 amide bonds. The van der Waals surface area contributed by atoms with Crippen LogP contribution in [0, 0.1) is 0 Å². The van der Waals surface area contributed by atoms with E-state index in [1.165, 1.54) is 0 Å². The Morgan fingerprint density at radius 1 is 1.23 bits per heavy atom. The van der Waals surface area contributed by atoms with Crippen molar-refractivity contribution in [3.05, 3.63) is 36.0 Å². The molecule has 4 rings (SSSR count). The normalized spacial score (nSPS) is 22.1. The molecule has 12 heteroatoms. The lowest BCUT2D eigenvalue weighted by Gasteiger charge is -2.26. The van der Waals surface area contributed by atoms with Gasteiger partial charge in [0.15, 0.2) is 11.5 Å². The summed E-state index contributed by atoms with van der Waals surface area (Å²) in [5.41, 5.74) is 1.07. The van der Waals surface area contributed by atoms with Crippen LogP contribution in [-0.2, 0) is 24.3 Å². The van der Waals surface area contributed by atoms with Gasteiger partial charge in [-0.25, -0.2) is 8.42 Å². The van der Waals surface area contributed by atoms with Crippen molar-refractivity contribution < 1.29 is 31.9 Å². The van der Waals surface area contributed by atoms with Crippen LogP contribution >= 0.6 is 0 Å². The third kappa shape index (κ3) is 4.36. The molecule has 1 unspecified atom stereocenters. The van der Waals surface area contributed by atoms with E-state index in [1.54, 1.807) is 25.3 Å². The minimum Gasteiger partial charge on any atom is -0.493 e. The van der Waals surface area contributed by atoms with E-state index in [-0.39, 0.29) is 12.3 Å². The number of hydrogen-bond acceptors (Lipinski definition) is 11. The Balaban J connectivity index is 1.51. The number of benzene rings is 1. The van der Waals surface area contributed by atoms with Crippen LogP contribution in [0.4, 0.5) is 0 Å². The molecule has 2 aliphatic rings. The first-order valence-electron chi connectivity index (χ1n) is 9.75. The second kappa shape index (κ2) is 8.81. The molecule has 0 radical (unpaired) electrons. The molecule has 1 saturated heterocycles. The Kier molecular flexibility index (Phi) is 6.12. The Morgan fingerprint density at radius 3 is 2.71 bits per heavy atom. The minimum atomic E-state index is -3.78. The summed E-state index contributed by atoms with van der Waals surface area (Å²) in [6.45, 7) is 4.42. The van der Waals surface area contributed by atoms with Crippen LogP contribution in [0.25, 0.3) is 0 Å². The maximum Gasteiger partial charge on any atom is 0.317 e. The van der Waals surface area contributed by atoms with Crippen molar-refractivity contribution in [1.82, 2.24) is 15.1 Å². The Bertz CT molecular complexity index is 1040. The fourth-order valence-electron chi connectivity index (χ4n) is 3.46. The average molecular weight is 452 g/mol. The van der Waals surface area contributed by atoms with E-state index in [0.717, 1.165) is 45.5 Å². The van der Waals surface area contributed by atoms with Crippen molar-refractivity contribution in [2.75, 3.05) is 52.8 Å². The maximum absolute atomic E-state index is 12.5. The van der Waals surface area contributed by atoms with Crippen molar-refractivity contribution in [3.63, 3.8) is 0 Å². The van der Waals surface area contributed by atoms with Crippen molar-refractivity contribution in [3.8, 4) is 11.5 Å². The van der Waals surface area contributed by atoms with Crippen LogP contribution in [0.5, 0.6) is 11.5 Å². The quantitative estimate of drug-likeness (QED) is 0.568. The predicted molar refractivity (Wildman–Crippen MR) is 109 cm³/mol. The molecular weight excluding hydrogens is 428 g/mol. The zero-order valence-electron chi connectivity index (χ0n) is 17.3. The van der Waals surface area contributed by atoms with Crippen LogP contribution in [0.3, 0.4) is 0 Å². The highest BCUT2D eigenvalue weighted by Crippen LogP contribution is 2.40. The van der Waals surface area contributed by atoms with E-state index in [2.05, 4.69) is 20.3 Å². The number of nitrogens with zero attached hydrogens (tertiary/aromatic N) is 4. The van der Waals surface area contributed by atoms with E-state index in [0.29, 0.717) is 29.4 Å². The number of sulfone groups is 1. The number of morpholine rings is 1. The van der Waals surface area contributed by atoms with Crippen LogP contribution < -0.4 is 9.47 Å². The second-order valence-corrected chi connectivity index (χ2v) is 9.45. The largest absolute Gasteiger partial charge is 0.493 e.